The fourth-order valence-electron chi connectivity index (χ4n) is 1.22. The van der Waals surface area contributed by atoms with Crippen LogP contribution in [-0.2, 0) is 18.4 Å². The summed E-state index contributed by atoms with van der Waals surface area (Å²) >= 11 is 0. The van der Waals surface area contributed by atoms with E-state index in [1.54, 1.807) is 13.8 Å². The summed E-state index contributed by atoms with van der Waals surface area (Å²) in [6.07, 6.45) is -0.435. The number of aliphatic carboxylic acids is 1. The number of nitrogens with two attached hydrogens (primary N) is 1. The Morgan fingerprint density at radius 1 is 1.39 bits per heavy atom. The van der Waals surface area contributed by atoms with Crippen molar-refractivity contribution in [2.75, 3.05) is 26.0 Å². The van der Waals surface area contributed by atoms with Gasteiger partial charge in [0.1, 0.15) is 6.29 Å². The van der Waals surface area contributed by atoms with Gasteiger partial charge in [0.15, 0.2) is 5.96 Å². The third-order valence-electron chi connectivity index (χ3n) is 1.93. The Labute approximate surface area is 106 Å². The van der Waals surface area contributed by atoms with Crippen molar-refractivity contribution >= 4 is 19.5 Å². The molecule has 106 valence electrons. The minimum absolute atomic E-state index is 0.0190. The van der Waals surface area contributed by atoms with Crippen LogP contribution in [0.2, 0.25) is 0 Å². The second kappa shape index (κ2) is 8.07. The van der Waals surface area contributed by atoms with Crippen LogP contribution in [0.3, 0.4) is 0 Å². The fourth-order valence-corrected chi connectivity index (χ4v) is 2.96. The second-order valence-electron chi connectivity index (χ2n) is 3.38. The Hall–Kier alpha value is -1.11. The molecule has 0 bridgehead atoms. The van der Waals surface area contributed by atoms with E-state index in [0.717, 1.165) is 0 Å². The first-order valence-electron chi connectivity index (χ1n) is 5.53. The molecule has 0 aromatic heterocycles. The summed E-state index contributed by atoms with van der Waals surface area (Å²) in [5.41, 5.74) is 5.31. The van der Waals surface area contributed by atoms with Crippen molar-refractivity contribution in [1.82, 2.24) is 4.90 Å². The summed E-state index contributed by atoms with van der Waals surface area (Å²) in [5, 5.41) is 15.9. The number of carbonyl (C=O) groups is 1. The maximum Gasteiger partial charge on any atom is 0.349 e. The molecule has 8 nitrogen and oxygen atoms in total. The van der Waals surface area contributed by atoms with Gasteiger partial charge in [-0.15, -0.1) is 0 Å². The van der Waals surface area contributed by atoms with E-state index in [1.165, 1.54) is 4.90 Å². The van der Waals surface area contributed by atoms with Crippen LogP contribution in [0.1, 0.15) is 20.3 Å². The molecule has 0 aliphatic heterocycles. The third kappa shape index (κ3) is 6.58. The lowest BCUT2D eigenvalue weighted by Crippen LogP contribution is -2.39. The minimum Gasteiger partial charge on any atom is -0.481 e. The highest BCUT2D eigenvalue weighted by Crippen LogP contribution is 2.48. The number of nitrogens with one attached hydrogen (secondary N) is 1. The molecule has 0 saturated carbocycles. The Morgan fingerprint density at radius 2 is 1.89 bits per heavy atom. The number of hydrogen-bond acceptors (Lipinski definition) is 5. The highest BCUT2D eigenvalue weighted by atomic mass is 31.2. The van der Waals surface area contributed by atoms with Gasteiger partial charge in [0.05, 0.1) is 19.6 Å². The van der Waals surface area contributed by atoms with E-state index < -0.39 is 13.6 Å². The Kier molecular flexibility index (Phi) is 7.58. The molecule has 0 saturated heterocycles. The molecule has 0 heterocycles. The number of hydrogen-bond donors (Lipinski definition) is 3. The van der Waals surface area contributed by atoms with E-state index >= 15 is 0 Å². The van der Waals surface area contributed by atoms with Crippen LogP contribution >= 0.6 is 7.60 Å². The summed E-state index contributed by atoms with van der Waals surface area (Å²) in [6, 6.07) is 0. The van der Waals surface area contributed by atoms with Crippen LogP contribution in [0.25, 0.3) is 0 Å². The summed E-state index contributed by atoms with van der Waals surface area (Å²) in [4.78, 5) is 11.6. The number of carboxylic acids is 1. The zero-order chi connectivity index (χ0) is 14.2. The molecular formula is C9H20N3O5P. The van der Waals surface area contributed by atoms with Crippen molar-refractivity contribution in [2.24, 2.45) is 5.73 Å². The zero-order valence-corrected chi connectivity index (χ0v) is 11.5. The van der Waals surface area contributed by atoms with Crippen molar-refractivity contribution in [2.45, 2.75) is 20.3 Å². The van der Waals surface area contributed by atoms with Gasteiger partial charge in [-0.05, 0) is 13.8 Å². The average Bonchev–Trinajstić information content (AvgIpc) is 2.24. The first kappa shape index (κ1) is 16.9. The van der Waals surface area contributed by atoms with E-state index in [1.807, 2.05) is 0 Å². The van der Waals surface area contributed by atoms with E-state index in [-0.39, 0.29) is 38.4 Å². The zero-order valence-electron chi connectivity index (χ0n) is 10.6. The molecule has 0 radical (unpaired) electrons. The molecule has 18 heavy (non-hydrogen) atoms. The maximum absolute atomic E-state index is 12.2. The predicted octanol–water partition coefficient (Wildman–Crippen LogP) is 0.880. The lowest BCUT2D eigenvalue weighted by atomic mass is 10.4. The van der Waals surface area contributed by atoms with Crippen LogP contribution in [0.4, 0.5) is 0 Å². The first-order valence-corrected chi connectivity index (χ1v) is 7.26. The molecule has 0 amide bonds. The third-order valence-corrected chi connectivity index (χ3v) is 3.92. The van der Waals surface area contributed by atoms with Crippen LogP contribution in [0.15, 0.2) is 0 Å². The van der Waals surface area contributed by atoms with Gasteiger partial charge in [-0.3, -0.25) is 14.8 Å². The standard InChI is InChI=1S/C9H20N3O5P/c1-3-16-18(15,17-4-2)7-12(9(10)11)6-5-8(13)14/h3-7H2,1-2H3,(H3,10,11)(H,13,14). The van der Waals surface area contributed by atoms with Crippen LogP contribution < -0.4 is 5.73 Å². The lowest BCUT2D eigenvalue weighted by Gasteiger charge is -2.26. The van der Waals surface area contributed by atoms with Gasteiger partial charge in [0.2, 0.25) is 0 Å². The molecule has 4 N–H and O–H groups in total. The van der Waals surface area contributed by atoms with Crippen molar-refractivity contribution in [3.63, 3.8) is 0 Å². The van der Waals surface area contributed by atoms with Gasteiger partial charge in [-0.1, -0.05) is 0 Å². The lowest BCUT2D eigenvalue weighted by molar-refractivity contribution is -0.137. The molecule has 0 fully saturated rings. The number of guanidine groups is 1. The molecule has 0 aliphatic carbocycles. The molecule has 9 heteroatoms. The number of rotatable bonds is 9. The van der Waals surface area contributed by atoms with Crippen molar-refractivity contribution in [3.8, 4) is 0 Å². The first-order chi connectivity index (χ1) is 8.34. The molecule has 0 aromatic rings. The summed E-state index contributed by atoms with van der Waals surface area (Å²) in [5.74, 6) is -1.39. The SMILES string of the molecule is CCOP(=O)(CN(CCC(=O)O)C(=N)N)OCC. The van der Waals surface area contributed by atoms with E-state index in [9.17, 15) is 9.36 Å². The molecular weight excluding hydrogens is 261 g/mol. The molecule has 0 aromatic carbocycles. The van der Waals surface area contributed by atoms with Gasteiger partial charge in [0.25, 0.3) is 0 Å². The van der Waals surface area contributed by atoms with E-state index in [4.69, 9.17) is 25.3 Å². The highest BCUT2D eigenvalue weighted by Gasteiger charge is 2.28. The second-order valence-corrected chi connectivity index (χ2v) is 5.40. The van der Waals surface area contributed by atoms with E-state index in [2.05, 4.69) is 0 Å². The smallest absolute Gasteiger partial charge is 0.349 e. The van der Waals surface area contributed by atoms with Crippen LogP contribution in [0.5, 0.6) is 0 Å². The minimum atomic E-state index is -3.38. The summed E-state index contributed by atoms with van der Waals surface area (Å²) in [7, 11) is -3.38. The van der Waals surface area contributed by atoms with E-state index in [0.29, 0.717) is 0 Å². The van der Waals surface area contributed by atoms with Gasteiger partial charge in [-0.2, -0.15) is 0 Å². The summed E-state index contributed by atoms with van der Waals surface area (Å²) in [6.45, 7) is 3.71. The summed E-state index contributed by atoms with van der Waals surface area (Å²) < 4.78 is 22.3. The molecule has 0 unspecified atom stereocenters. The Balaban J connectivity index is 4.65. The highest BCUT2D eigenvalue weighted by molar-refractivity contribution is 7.53. The van der Waals surface area contributed by atoms with Crippen molar-refractivity contribution < 1.29 is 23.5 Å². The Morgan fingerprint density at radius 3 is 2.22 bits per heavy atom. The quantitative estimate of drug-likeness (QED) is 0.325. The van der Waals surface area contributed by atoms with Gasteiger partial charge >= 0.3 is 13.6 Å². The average molecular weight is 281 g/mol. The fraction of sp³-hybridized carbons (Fsp3) is 0.778. The predicted molar refractivity (Wildman–Crippen MR) is 66.6 cm³/mol. The van der Waals surface area contributed by atoms with Gasteiger partial charge in [-0.25, -0.2) is 0 Å². The topological polar surface area (TPSA) is 126 Å². The van der Waals surface area contributed by atoms with Crippen LogP contribution in [0, 0.1) is 5.41 Å². The van der Waals surface area contributed by atoms with Crippen molar-refractivity contribution in [1.29, 1.82) is 5.41 Å². The molecule has 0 atom stereocenters. The van der Waals surface area contributed by atoms with Crippen LogP contribution in [-0.4, -0.2) is 48.0 Å². The van der Waals surface area contributed by atoms with Gasteiger partial charge in [0, 0.05) is 6.54 Å². The maximum atomic E-state index is 12.2. The molecule has 0 aliphatic rings. The largest absolute Gasteiger partial charge is 0.481 e. The molecule has 0 spiro atoms. The molecule has 0 rings (SSSR count). The Bertz CT molecular complexity index is 326. The number of nitrogens with zero attached hydrogens (tertiary/aromatic N) is 1. The monoisotopic (exact) mass is 281 g/mol. The number of carboxylic acid groups (broad SMARTS) is 1. The van der Waals surface area contributed by atoms with Gasteiger partial charge < -0.3 is 24.8 Å². The van der Waals surface area contributed by atoms with Crippen molar-refractivity contribution in [3.05, 3.63) is 0 Å². The normalized spacial score (nSPS) is 11.2.